The zero-order valence-corrected chi connectivity index (χ0v) is 14.1. The first-order valence-corrected chi connectivity index (χ1v) is 8.54. The molecule has 0 saturated carbocycles. The van der Waals surface area contributed by atoms with Gasteiger partial charge in [0.05, 0.1) is 0 Å². The molecule has 19 heavy (non-hydrogen) atoms. The van der Waals surface area contributed by atoms with Crippen molar-refractivity contribution in [3.8, 4) is 10.4 Å². The van der Waals surface area contributed by atoms with E-state index in [0.29, 0.717) is 5.92 Å². The Morgan fingerprint density at radius 3 is 2.74 bits per heavy atom. The van der Waals surface area contributed by atoms with Crippen molar-refractivity contribution >= 4 is 44.9 Å². The van der Waals surface area contributed by atoms with Crippen LogP contribution in [0, 0.1) is 5.92 Å². The highest BCUT2D eigenvalue weighted by atomic mass is 79.9. The fourth-order valence-corrected chi connectivity index (χ4v) is 3.75. The Hall–Kier alpha value is -0.570. The van der Waals surface area contributed by atoms with Gasteiger partial charge in [-0.15, -0.1) is 11.3 Å². The summed E-state index contributed by atoms with van der Waals surface area (Å²) in [7, 11) is 0. The molecule has 0 spiro atoms. The van der Waals surface area contributed by atoms with E-state index in [1.807, 2.05) is 18.2 Å². The van der Waals surface area contributed by atoms with Crippen LogP contribution in [0.2, 0.25) is 5.02 Å². The van der Waals surface area contributed by atoms with Crippen LogP contribution in [0.4, 0.5) is 0 Å². The minimum atomic E-state index is 0.566. The lowest BCUT2D eigenvalue weighted by Gasteiger charge is -2.06. The number of thiophene rings is 1. The van der Waals surface area contributed by atoms with Crippen molar-refractivity contribution in [3.63, 3.8) is 0 Å². The summed E-state index contributed by atoms with van der Waals surface area (Å²) in [6.07, 6.45) is 2.28. The molecule has 0 amide bonds. The van der Waals surface area contributed by atoms with Crippen molar-refractivity contribution in [2.45, 2.75) is 13.8 Å². The van der Waals surface area contributed by atoms with E-state index in [2.05, 4.69) is 54.1 Å². The van der Waals surface area contributed by atoms with E-state index >= 15 is 0 Å². The summed E-state index contributed by atoms with van der Waals surface area (Å²) >= 11 is 11.4. The van der Waals surface area contributed by atoms with E-state index < -0.39 is 0 Å². The molecular weight excluding hydrogens is 340 g/mol. The van der Waals surface area contributed by atoms with E-state index in [0.717, 1.165) is 10.4 Å². The van der Waals surface area contributed by atoms with Crippen LogP contribution in [0.5, 0.6) is 0 Å². The minimum absolute atomic E-state index is 0.566. The third-order valence-electron chi connectivity index (χ3n) is 2.96. The van der Waals surface area contributed by atoms with Crippen molar-refractivity contribution in [3.05, 3.63) is 51.9 Å². The van der Waals surface area contributed by atoms with Gasteiger partial charge in [-0.1, -0.05) is 59.1 Å². The van der Waals surface area contributed by atoms with Gasteiger partial charge in [-0.3, -0.25) is 0 Å². The molecule has 1 aromatic heterocycles. The summed E-state index contributed by atoms with van der Waals surface area (Å²) < 4.78 is 0. The number of halogens is 2. The first-order chi connectivity index (χ1) is 9.10. The normalized spacial score (nSPS) is 12.2. The van der Waals surface area contributed by atoms with E-state index in [1.54, 1.807) is 11.3 Å². The molecular formula is C16H16BrClS. The third-order valence-corrected chi connectivity index (χ3v) is 4.92. The molecule has 0 bridgehead atoms. The van der Waals surface area contributed by atoms with Gasteiger partial charge in [0.25, 0.3) is 0 Å². The SMILES string of the molecule is CC(C)C(=Cc1ccc(-c2cccc(Cl)c2)s1)CBr. The van der Waals surface area contributed by atoms with Gasteiger partial charge >= 0.3 is 0 Å². The molecule has 0 radical (unpaired) electrons. The molecule has 3 heteroatoms. The number of hydrogen-bond acceptors (Lipinski definition) is 1. The highest BCUT2D eigenvalue weighted by Gasteiger charge is 2.05. The largest absolute Gasteiger partial charge is 0.136 e. The van der Waals surface area contributed by atoms with Crippen LogP contribution in [0.15, 0.2) is 42.0 Å². The topological polar surface area (TPSA) is 0 Å². The molecule has 0 saturated heterocycles. The summed E-state index contributed by atoms with van der Waals surface area (Å²) in [6, 6.07) is 12.3. The standard InChI is InChI=1S/C16H16BrClS/c1-11(2)13(10-17)9-15-6-7-16(19-15)12-4-3-5-14(18)8-12/h3-9,11H,10H2,1-2H3. The van der Waals surface area contributed by atoms with E-state index in [9.17, 15) is 0 Å². The highest BCUT2D eigenvalue weighted by Crippen LogP contribution is 2.31. The summed E-state index contributed by atoms with van der Waals surface area (Å²) in [6.45, 7) is 4.44. The maximum absolute atomic E-state index is 6.04. The monoisotopic (exact) mass is 354 g/mol. The predicted octanol–water partition coefficient (Wildman–Crippen LogP) is 6.50. The quantitative estimate of drug-likeness (QED) is 0.549. The molecule has 0 unspecified atom stereocenters. The van der Waals surface area contributed by atoms with Crippen LogP contribution < -0.4 is 0 Å². The lowest BCUT2D eigenvalue weighted by molar-refractivity contribution is 0.781. The second-order valence-corrected chi connectivity index (χ2v) is 6.83. The number of hydrogen-bond donors (Lipinski definition) is 0. The average molecular weight is 356 g/mol. The fraction of sp³-hybridized carbons (Fsp3) is 0.250. The van der Waals surface area contributed by atoms with Gasteiger partial charge in [-0.25, -0.2) is 0 Å². The lowest BCUT2D eigenvalue weighted by Crippen LogP contribution is -1.93. The van der Waals surface area contributed by atoms with Crippen LogP contribution >= 0.6 is 38.9 Å². The van der Waals surface area contributed by atoms with E-state index in [4.69, 9.17) is 11.6 Å². The van der Waals surface area contributed by atoms with E-state index in [-0.39, 0.29) is 0 Å². The second-order valence-electron chi connectivity index (χ2n) is 4.72. The highest BCUT2D eigenvalue weighted by molar-refractivity contribution is 9.09. The van der Waals surface area contributed by atoms with Gasteiger partial charge in [0, 0.05) is 20.1 Å². The maximum Gasteiger partial charge on any atom is 0.0412 e. The van der Waals surface area contributed by atoms with Gasteiger partial charge in [-0.2, -0.15) is 0 Å². The molecule has 0 N–H and O–H groups in total. The van der Waals surface area contributed by atoms with Crippen LogP contribution in [0.3, 0.4) is 0 Å². The Labute approximate surface area is 132 Å². The molecule has 0 atom stereocenters. The first kappa shape index (κ1) is 14.8. The van der Waals surface area contributed by atoms with Crippen molar-refractivity contribution in [2.24, 2.45) is 5.92 Å². The molecule has 100 valence electrons. The Morgan fingerprint density at radius 2 is 2.11 bits per heavy atom. The molecule has 0 aliphatic carbocycles. The summed E-state index contributed by atoms with van der Waals surface area (Å²) in [4.78, 5) is 2.55. The molecule has 1 heterocycles. The second kappa shape index (κ2) is 6.74. The Morgan fingerprint density at radius 1 is 1.32 bits per heavy atom. The number of rotatable bonds is 4. The Bertz CT molecular complexity index is 584. The van der Waals surface area contributed by atoms with Crippen LogP contribution in [-0.4, -0.2) is 5.33 Å². The maximum atomic E-state index is 6.04. The predicted molar refractivity (Wildman–Crippen MR) is 91.4 cm³/mol. The third kappa shape index (κ3) is 3.95. The van der Waals surface area contributed by atoms with Gasteiger partial charge in [0.1, 0.15) is 0 Å². The van der Waals surface area contributed by atoms with Gasteiger partial charge in [-0.05, 0) is 41.8 Å². The van der Waals surface area contributed by atoms with Crippen molar-refractivity contribution in [1.29, 1.82) is 0 Å². The minimum Gasteiger partial charge on any atom is -0.136 e. The zero-order chi connectivity index (χ0) is 13.8. The smallest absolute Gasteiger partial charge is 0.0412 e. The number of alkyl halides is 1. The van der Waals surface area contributed by atoms with Crippen LogP contribution in [0.25, 0.3) is 16.5 Å². The first-order valence-electron chi connectivity index (χ1n) is 6.22. The molecule has 0 aliphatic heterocycles. The van der Waals surface area contributed by atoms with Crippen molar-refractivity contribution in [2.75, 3.05) is 5.33 Å². The lowest BCUT2D eigenvalue weighted by atomic mass is 10.0. The number of allylic oxidation sites excluding steroid dienone is 1. The molecule has 0 aliphatic rings. The summed E-state index contributed by atoms with van der Waals surface area (Å²) in [5.41, 5.74) is 2.60. The fourth-order valence-electron chi connectivity index (χ4n) is 1.77. The Kier molecular flexibility index (Phi) is 5.26. The molecule has 0 nitrogen and oxygen atoms in total. The van der Waals surface area contributed by atoms with Crippen LogP contribution in [0.1, 0.15) is 18.7 Å². The van der Waals surface area contributed by atoms with E-state index in [1.165, 1.54) is 20.9 Å². The number of benzene rings is 1. The van der Waals surface area contributed by atoms with Gasteiger partial charge in [0.15, 0.2) is 0 Å². The molecule has 2 rings (SSSR count). The molecule has 1 aromatic carbocycles. The van der Waals surface area contributed by atoms with Crippen molar-refractivity contribution < 1.29 is 0 Å². The summed E-state index contributed by atoms with van der Waals surface area (Å²) in [5.74, 6) is 0.566. The average Bonchev–Trinajstić information content (AvgIpc) is 2.84. The molecule has 2 aromatic rings. The molecule has 0 fully saturated rings. The zero-order valence-electron chi connectivity index (χ0n) is 11.0. The Balaban J connectivity index is 2.29. The van der Waals surface area contributed by atoms with Crippen molar-refractivity contribution in [1.82, 2.24) is 0 Å². The van der Waals surface area contributed by atoms with Gasteiger partial charge in [0.2, 0.25) is 0 Å². The summed E-state index contributed by atoms with van der Waals surface area (Å²) in [5, 5.41) is 1.71. The van der Waals surface area contributed by atoms with Crippen LogP contribution in [-0.2, 0) is 0 Å². The van der Waals surface area contributed by atoms with Gasteiger partial charge < -0.3 is 0 Å².